The topological polar surface area (TPSA) is 82.1 Å². The summed E-state index contributed by atoms with van der Waals surface area (Å²) in [5.74, 6) is -1.41. The van der Waals surface area contributed by atoms with Crippen LogP contribution in [0.25, 0.3) is 0 Å². The van der Waals surface area contributed by atoms with Gasteiger partial charge in [0.1, 0.15) is 30.7 Å². The van der Waals surface area contributed by atoms with Crippen LogP contribution in [0.4, 0.5) is 13.2 Å². The fourth-order valence-corrected chi connectivity index (χ4v) is 4.33. The molecule has 0 amide bonds. The Morgan fingerprint density at radius 1 is 1.18 bits per heavy atom. The van der Waals surface area contributed by atoms with Crippen molar-refractivity contribution in [2.24, 2.45) is 11.8 Å². The number of fused-ring (bicyclic) bond motifs is 1. The fourth-order valence-electron chi connectivity index (χ4n) is 4.33. The second kappa shape index (κ2) is 9.89. The Hall–Kier alpha value is -3.33. The first kappa shape index (κ1) is 23.8. The summed E-state index contributed by atoms with van der Waals surface area (Å²) >= 11 is 0. The van der Waals surface area contributed by atoms with E-state index < -0.39 is 29.9 Å². The molecule has 1 heterocycles. The van der Waals surface area contributed by atoms with Gasteiger partial charge in [0.05, 0.1) is 17.5 Å². The van der Waals surface area contributed by atoms with E-state index in [1.807, 2.05) is 0 Å². The number of carbonyl (C=O) groups is 2. The van der Waals surface area contributed by atoms with Crippen LogP contribution in [-0.4, -0.2) is 42.0 Å². The molecule has 1 saturated carbocycles. The first-order chi connectivity index (χ1) is 16.2. The summed E-state index contributed by atoms with van der Waals surface area (Å²) in [5, 5.41) is 10.3. The zero-order valence-corrected chi connectivity index (χ0v) is 18.0. The van der Waals surface area contributed by atoms with E-state index in [2.05, 4.69) is 0 Å². The number of ether oxygens (including phenoxy) is 3. The van der Waals surface area contributed by atoms with Crippen LogP contribution in [0.2, 0.25) is 0 Å². The molecule has 1 aliphatic heterocycles. The maximum atomic E-state index is 12.8. The number of carbonyl (C=O) groups excluding carboxylic acids is 2. The first-order valence-corrected chi connectivity index (χ1v) is 10.8. The van der Waals surface area contributed by atoms with E-state index in [1.54, 1.807) is 36.4 Å². The Balaban J connectivity index is 1.40. The van der Waals surface area contributed by atoms with Crippen LogP contribution < -0.4 is 4.74 Å². The number of alkyl halides is 3. The molecule has 1 saturated heterocycles. The number of rotatable bonds is 7. The zero-order valence-electron chi connectivity index (χ0n) is 18.0. The van der Waals surface area contributed by atoms with E-state index in [-0.39, 0.29) is 42.7 Å². The summed E-state index contributed by atoms with van der Waals surface area (Å²) in [6, 6.07) is 12.9. The molecule has 1 N–H and O–H groups in total. The maximum Gasteiger partial charge on any atom is 0.416 e. The van der Waals surface area contributed by atoms with Crippen LogP contribution in [0.3, 0.4) is 0 Å². The van der Waals surface area contributed by atoms with Crippen LogP contribution in [0.5, 0.6) is 5.75 Å². The second-order valence-electron chi connectivity index (χ2n) is 8.31. The Kier molecular flexibility index (Phi) is 6.92. The van der Waals surface area contributed by atoms with Gasteiger partial charge in [-0.3, -0.25) is 4.79 Å². The molecular formula is C25H23F3O6. The highest BCUT2D eigenvalue weighted by atomic mass is 19.4. The third-order valence-corrected chi connectivity index (χ3v) is 5.96. The van der Waals surface area contributed by atoms with Crippen molar-refractivity contribution < 1.29 is 42.1 Å². The molecule has 0 unspecified atom stereocenters. The third-order valence-electron chi connectivity index (χ3n) is 5.96. The average Bonchev–Trinajstić information content (AvgIpc) is 3.31. The highest BCUT2D eigenvalue weighted by Gasteiger charge is 2.50. The molecule has 9 heteroatoms. The Bertz CT molecular complexity index is 1050. The van der Waals surface area contributed by atoms with Crippen LogP contribution >= 0.6 is 0 Å². The van der Waals surface area contributed by atoms with E-state index in [1.165, 1.54) is 18.2 Å². The van der Waals surface area contributed by atoms with Gasteiger partial charge in [0, 0.05) is 18.3 Å². The van der Waals surface area contributed by atoms with Gasteiger partial charge in [0.25, 0.3) is 0 Å². The van der Waals surface area contributed by atoms with Crippen LogP contribution in [0, 0.1) is 11.8 Å². The lowest BCUT2D eigenvalue weighted by Crippen LogP contribution is -2.25. The number of benzene rings is 2. The molecule has 2 aliphatic rings. The molecule has 2 aromatic carbocycles. The van der Waals surface area contributed by atoms with Crippen molar-refractivity contribution in [3.63, 3.8) is 0 Å². The summed E-state index contributed by atoms with van der Waals surface area (Å²) in [4.78, 5) is 24.3. The van der Waals surface area contributed by atoms with Gasteiger partial charge >= 0.3 is 18.1 Å². The van der Waals surface area contributed by atoms with Gasteiger partial charge in [-0.2, -0.15) is 13.2 Å². The smallest absolute Gasteiger partial charge is 0.416 e. The lowest BCUT2D eigenvalue weighted by molar-refractivity contribution is -0.142. The van der Waals surface area contributed by atoms with E-state index >= 15 is 0 Å². The summed E-state index contributed by atoms with van der Waals surface area (Å²) in [5.41, 5.74) is -0.449. The van der Waals surface area contributed by atoms with E-state index in [0.29, 0.717) is 12.0 Å². The normalized spacial score (nSPS) is 25.1. The maximum absolute atomic E-state index is 12.8. The van der Waals surface area contributed by atoms with Gasteiger partial charge in [0.2, 0.25) is 0 Å². The highest BCUT2D eigenvalue weighted by molar-refractivity contribution is 5.89. The molecule has 6 nitrogen and oxygen atoms in total. The molecule has 0 bridgehead atoms. The summed E-state index contributed by atoms with van der Waals surface area (Å²) in [7, 11) is 0. The monoisotopic (exact) mass is 476 g/mol. The molecule has 0 spiro atoms. The Morgan fingerprint density at radius 2 is 1.94 bits per heavy atom. The van der Waals surface area contributed by atoms with Gasteiger partial charge in [-0.1, -0.05) is 36.4 Å². The zero-order chi connectivity index (χ0) is 24.3. The average molecular weight is 476 g/mol. The molecule has 0 aromatic heterocycles. The third kappa shape index (κ3) is 5.59. The summed E-state index contributed by atoms with van der Waals surface area (Å²) < 4.78 is 54.9. The van der Waals surface area contributed by atoms with Crippen LogP contribution in [0.1, 0.15) is 28.8 Å². The predicted octanol–water partition coefficient (Wildman–Crippen LogP) is 4.18. The van der Waals surface area contributed by atoms with Gasteiger partial charge in [-0.25, -0.2) is 4.79 Å². The van der Waals surface area contributed by atoms with Gasteiger partial charge in [-0.05, 0) is 30.3 Å². The molecule has 5 atom stereocenters. The minimum atomic E-state index is -4.50. The van der Waals surface area contributed by atoms with E-state index in [0.717, 1.165) is 12.1 Å². The van der Waals surface area contributed by atoms with Gasteiger partial charge < -0.3 is 19.3 Å². The van der Waals surface area contributed by atoms with Crippen molar-refractivity contribution in [2.45, 2.75) is 37.3 Å². The molecule has 4 rings (SSSR count). The SMILES string of the molecule is O=C1C[C@@H]2[C@@H](/C=C/[C@@H](O)COc3cccc(C(F)(F)F)c3)[C@H](OC(=O)c3ccccc3)C[C@@H]2O1. The van der Waals surface area contributed by atoms with Crippen molar-refractivity contribution in [2.75, 3.05) is 6.61 Å². The van der Waals surface area contributed by atoms with Crippen LogP contribution in [0.15, 0.2) is 66.7 Å². The first-order valence-electron chi connectivity index (χ1n) is 10.8. The molecule has 0 radical (unpaired) electrons. The van der Waals surface area contributed by atoms with Crippen molar-refractivity contribution >= 4 is 11.9 Å². The molecule has 1 aliphatic carbocycles. The number of hydrogen-bond donors (Lipinski definition) is 1. The van der Waals surface area contributed by atoms with E-state index in [4.69, 9.17) is 14.2 Å². The van der Waals surface area contributed by atoms with E-state index in [9.17, 15) is 27.9 Å². The quantitative estimate of drug-likeness (QED) is 0.477. The standard InChI is InChI=1S/C25H23F3O6/c26-25(27,28)16-7-4-8-18(11-16)32-14-17(29)9-10-19-20-12-23(30)33-22(20)13-21(19)34-24(31)15-5-2-1-3-6-15/h1-11,17,19-22,29H,12-14H2/b10-9+/t17-,19-,20-,21-,22+/m1/s1. The number of hydrogen-bond acceptors (Lipinski definition) is 6. The Morgan fingerprint density at radius 3 is 2.68 bits per heavy atom. The minimum absolute atomic E-state index is 0.0207. The number of esters is 2. The lowest BCUT2D eigenvalue weighted by Gasteiger charge is -2.20. The largest absolute Gasteiger partial charge is 0.491 e. The van der Waals surface area contributed by atoms with Crippen molar-refractivity contribution in [3.8, 4) is 5.75 Å². The van der Waals surface area contributed by atoms with Gasteiger partial charge in [0.15, 0.2) is 0 Å². The number of halogens is 3. The molecular weight excluding hydrogens is 453 g/mol. The predicted molar refractivity (Wildman–Crippen MR) is 114 cm³/mol. The molecule has 2 fully saturated rings. The summed E-state index contributed by atoms with van der Waals surface area (Å²) in [6.07, 6.45) is -2.93. The fraction of sp³-hybridized carbons (Fsp3) is 0.360. The molecule has 2 aromatic rings. The molecule has 180 valence electrons. The summed E-state index contributed by atoms with van der Waals surface area (Å²) in [6.45, 7) is -0.275. The lowest BCUT2D eigenvalue weighted by atomic mass is 9.91. The number of aliphatic hydroxyl groups is 1. The minimum Gasteiger partial charge on any atom is -0.491 e. The highest BCUT2D eigenvalue weighted by Crippen LogP contribution is 2.43. The van der Waals surface area contributed by atoms with Gasteiger partial charge in [-0.15, -0.1) is 0 Å². The Labute approximate surface area is 193 Å². The van der Waals surface area contributed by atoms with Crippen LogP contribution in [-0.2, 0) is 20.4 Å². The number of aliphatic hydroxyl groups excluding tert-OH is 1. The van der Waals surface area contributed by atoms with Crippen molar-refractivity contribution in [3.05, 3.63) is 77.9 Å². The van der Waals surface area contributed by atoms with Crippen molar-refractivity contribution in [1.29, 1.82) is 0 Å². The second-order valence-corrected chi connectivity index (χ2v) is 8.31. The molecule has 34 heavy (non-hydrogen) atoms. The van der Waals surface area contributed by atoms with Crippen molar-refractivity contribution in [1.82, 2.24) is 0 Å².